The SMILES string of the molecule is CCN(Cc1ccc2c(c1)OCO2)S(=O)(=O)CBr. The minimum atomic E-state index is -3.24. The van der Waals surface area contributed by atoms with Crippen LogP contribution in [0.5, 0.6) is 11.5 Å². The van der Waals surface area contributed by atoms with Crippen molar-refractivity contribution in [2.24, 2.45) is 0 Å². The second-order valence-electron chi connectivity index (χ2n) is 3.83. The highest BCUT2D eigenvalue weighted by Gasteiger charge is 2.20. The quantitative estimate of drug-likeness (QED) is 0.771. The van der Waals surface area contributed by atoms with Crippen LogP contribution in [0.25, 0.3) is 0 Å². The Balaban J connectivity index is 2.18. The van der Waals surface area contributed by atoms with E-state index in [0.29, 0.717) is 24.6 Å². The third kappa shape index (κ3) is 2.78. The van der Waals surface area contributed by atoms with Gasteiger partial charge in [0.25, 0.3) is 0 Å². The third-order valence-corrected chi connectivity index (χ3v) is 5.87. The molecular formula is C11H14BrNO4S. The van der Waals surface area contributed by atoms with E-state index < -0.39 is 10.0 Å². The molecule has 0 N–H and O–H groups in total. The van der Waals surface area contributed by atoms with Crippen LogP contribution in [0.1, 0.15) is 12.5 Å². The molecule has 0 saturated heterocycles. The highest BCUT2D eigenvalue weighted by Crippen LogP contribution is 2.32. The molecule has 0 atom stereocenters. The normalized spacial score (nSPS) is 14.2. The lowest BCUT2D eigenvalue weighted by Crippen LogP contribution is -2.30. The zero-order chi connectivity index (χ0) is 13.2. The molecule has 100 valence electrons. The molecule has 0 unspecified atom stereocenters. The minimum Gasteiger partial charge on any atom is -0.454 e. The highest BCUT2D eigenvalue weighted by atomic mass is 79.9. The van der Waals surface area contributed by atoms with E-state index in [4.69, 9.17) is 9.47 Å². The maximum absolute atomic E-state index is 11.8. The van der Waals surface area contributed by atoms with Crippen LogP contribution in [0.15, 0.2) is 18.2 Å². The Morgan fingerprint density at radius 2 is 2.06 bits per heavy atom. The molecule has 0 bridgehead atoms. The molecule has 1 aliphatic rings. The largest absolute Gasteiger partial charge is 0.454 e. The van der Waals surface area contributed by atoms with E-state index in [9.17, 15) is 8.42 Å². The Bertz CT molecular complexity index is 532. The van der Waals surface area contributed by atoms with Crippen molar-refractivity contribution in [3.8, 4) is 11.5 Å². The van der Waals surface area contributed by atoms with E-state index in [1.807, 2.05) is 19.1 Å². The summed E-state index contributed by atoms with van der Waals surface area (Å²) in [4.78, 5) is 0. The zero-order valence-corrected chi connectivity index (χ0v) is 12.3. The standard InChI is InChI=1S/C11H14BrNO4S/c1-2-13(18(14,15)7-12)6-9-3-4-10-11(5-9)17-8-16-10/h3-5H,2,6-8H2,1H3. The van der Waals surface area contributed by atoms with Crippen LogP contribution < -0.4 is 9.47 Å². The van der Waals surface area contributed by atoms with Crippen molar-refractivity contribution in [1.29, 1.82) is 0 Å². The van der Waals surface area contributed by atoms with Crippen LogP contribution in [0.2, 0.25) is 0 Å². The van der Waals surface area contributed by atoms with E-state index in [2.05, 4.69) is 15.9 Å². The molecule has 2 rings (SSSR count). The summed E-state index contributed by atoms with van der Waals surface area (Å²) in [6, 6.07) is 5.46. The summed E-state index contributed by atoms with van der Waals surface area (Å²) >= 11 is 3.00. The summed E-state index contributed by atoms with van der Waals surface area (Å²) < 4.78 is 35.4. The smallest absolute Gasteiger partial charge is 0.231 e. The number of fused-ring (bicyclic) bond motifs is 1. The molecule has 1 aromatic rings. The van der Waals surface area contributed by atoms with Crippen LogP contribution in [-0.4, -0.2) is 30.7 Å². The number of halogens is 1. The number of sulfonamides is 1. The number of rotatable bonds is 5. The molecular weight excluding hydrogens is 322 g/mol. The van der Waals surface area contributed by atoms with Crippen LogP contribution in [0.4, 0.5) is 0 Å². The van der Waals surface area contributed by atoms with Crippen LogP contribution >= 0.6 is 15.9 Å². The topological polar surface area (TPSA) is 55.8 Å². The van der Waals surface area contributed by atoms with Gasteiger partial charge in [-0.1, -0.05) is 28.9 Å². The van der Waals surface area contributed by atoms with Crippen molar-refractivity contribution in [2.45, 2.75) is 13.5 Å². The monoisotopic (exact) mass is 335 g/mol. The first-order valence-corrected chi connectivity index (χ1v) is 8.22. The average molecular weight is 336 g/mol. The Labute approximate surface area is 115 Å². The number of benzene rings is 1. The lowest BCUT2D eigenvalue weighted by Gasteiger charge is -2.19. The van der Waals surface area contributed by atoms with Crippen molar-refractivity contribution in [3.63, 3.8) is 0 Å². The van der Waals surface area contributed by atoms with Crippen molar-refractivity contribution in [2.75, 3.05) is 18.0 Å². The molecule has 0 spiro atoms. The first-order valence-electron chi connectivity index (χ1n) is 5.49. The molecule has 0 aliphatic carbocycles. The predicted octanol–water partition coefficient (Wildman–Crippen LogP) is 1.92. The fourth-order valence-electron chi connectivity index (χ4n) is 1.72. The van der Waals surface area contributed by atoms with Crippen LogP contribution in [-0.2, 0) is 16.6 Å². The minimum absolute atomic E-state index is 0.0710. The van der Waals surface area contributed by atoms with Gasteiger partial charge in [-0.25, -0.2) is 8.42 Å². The summed E-state index contributed by atoms with van der Waals surface area (Å²) in [6.45, 7) is 2.80. The molecule has 0 saturated carbocycles. The maximum Gasteiger partial charge on any atom is 0.231 e. The molecule has 7 heteroatoms. The Hall–Kier alpha value is -0.790. The van der Waals surface area contributed by atoms with E-state index in [1.165, 1.54) is 4.31 Å². The van der Waals surface area contributed by atoms with Crippen molar-refractivity contribution in [3.05, 3.63) is 23.8 Å². The highest BCUT2D eigenvalue weighted by molar-refractivity contribution is 9.10. The van der Waals surface area contributed by atoms with E-state index in [1.54, 1.807) is 6.07 Å². The number of alkyl halides is 1. The molecule has 0 amide bonds. The first-order chi connectivity index (χ1) is 8.56. The molecule has 1 aliphatic heterocycles. The van der Waals surface area contributed by atoms with Gasteiger partial charge in [0.05, 0.1) is 0 Å². The van der Waals surface area contributed by atoms with Gasteiger partial charge in [0.15, 0.2) is 11.5 Å². The van der Waals surface area contributed by atoms with Gasteiger partial charge in [-0.15, -0.1) is 0 Å². The fraction of sp³-hybridized carbons (Fsp3) is 0.455. The number of hydrogen-bond donors (Lipinski definition) is 0. The third-order valence-electron chi connectivity index (χ3n) is 2.68. The summed E-state index contributed by atoms with van der Waals surface area (Å²) in [5, 5.41) is 0. The summed E-state index contributed by atoms with van der Waals surface area (Å²) in [6.07, 6.45) is 0. The second kappa shape index (κ2) is 5.46. The van der Waals surface area contributed by atoms with Gasteiger partial charge in [-0.2, -0.15) is 4.31 Å². The maximum atomic E-state index is 11.8. The van der Waals surface area contributed by atoms with Gasteiger partial charge < -0.3 is 9.47 Å². The summed E-state index contributed by atoms with van der Waals surface area (Å²) in [5.41, 5.74) is 0.880. The molecule has 1 aromatic carbocycles. The van der Waals surface area contributed by atoms with Gasteiger partial charge in [0.1, 0.15) is 4.66 Å². The Morgan fingerprint density at radius 1 is 1.33 bits per heavy atom. The van der Waals surface area contributed by atoms with Gasteiger partial charge in [-0.05, 0) is 17.7 Å². The first kappa shape index (κ1) is 13.6. The fourth-order valence-corrected chi connectivity index (χ4v) is 3.46. The summed E-state index contributed by atoms with van der Waals surface area (Å²) in [7, 11) is -3.24. The second-order valence-corrected chi connectivity index (χ2v) is 7.11. The van der Waals surface area contributed by atoms with Gasteiger partial charge in [-0.3, -0.25) is 0 Å². The van der Waals surface area contributed by atoms with Crippen molar-refractivity contribution < 1.29 is 17.9 Å². The summed E-state index contributed by atoms with van der Waals surface area (Å²) in [5.74, 6) is 1.37. The lowest BCUT2D eigenvalue weighted by molar-refractivity contribution is 0.174. The van der Waals surface area contributed by atoms with E-state index in [-0.39, 0.29) is 11.5 Å². The molecule has 5 nitrogen and oxygen atoms in total. The van der Waals surface area contributed by atoms with Crippen LogP contribution in [0.3, 0.4) is 0 Å². The zero-order valence-electron chi connectivity index (χ0n) is 9.93. The Morgan fingerprint density at radius 3 is 2.72 bits per heavy atom. The predicted molar refractivity (Wildman–Crippen MR) is 71.4 cm³/mol. The van der Waals surface area contributed by atoms with E-state index >= 15 is 0 Å². The van der Waals surface area contributed by atoms with Crippen molar-refractivity contribution in [1.82, 2.24) is 4.31 Å². The average Bonchev–Trinajstić information content (AvgIpc) is 2.83. The lowest BCUT2D eigenvalue weighted by atomic mass is 10.2. The van der Waals surface area contributed by atoms with Crippen LogP contribution in [0, 0.1) is 0 Å². The number of ether oxygens (including phenoxy) is 2. The van der Waals surface area contributed by atoms with Gasteiger partial charge >= 0.3 is 0 Å². The number of hydrogen-bond acceptors (Lipinski definition) is 4. The molecule has 1 heterocycles. The molecule has 18 heavy (non-hydrogen) atoms. The van der Waals surface area contributed by atoms with Crippen molar-refractivity contribution >= 4 is 26.0 Å². The van der Waals surface area contributed by atoms with E-state index in [0.717, 1.165) is 5.56 Å². The Kier molecular flexibility index (Phi) is 4.14. The molecule has 0 aromatic heterocycles. The van der Waals surface area contributed by atoms with Gasteiger partial charge in [0, 0.05) is 13.1 Å². The number of nitrogens with zero attached hydrogens (tertiary/aromatic N) is 1. The molecule has 0 radical (unpaired) electrons. The van der Waals surface area contributed by atoms with Gasteiger partial charge in [0.2, 0.25) is 16.8 Å². The molecule has 0 fully saturated rings.